The Bertz CT molecular complexity index is 344. The Balaban J connectivity index is 2.65. The molecule has 4 heteroatoms. The van der Waals surface area contributed by atoms with Crippen LogP contribution in [0.25, 0.3) is 0 Å². The Morgan fingerprint density at radius 2 is 1.76 bits per heavy atom. The first-order valence-electron chi connectivity index (χ1n) is 8.67. The lowest BCUT2D eigenvalue weighted by Crippen LogP contribution is -2.64. The molecule has 1 aliphatic rings. The number of piperazine rings is 1. The van der Waals surface area contributed by atoms with Crippen LogP contribution in [0.4, 0.5) is 0 Å². The number of carbonyl (C=O) groups is 2. The quantitative estimate of drug-likeness (QED) is 0.665. The summed E-state index contributed by atoms with van der Waals surface area (Å²) >= 11 is 0. The molecule has 1 heterocycles. The van der Waals surface area contributed by atoms with Crippen molar-refractivity contribution < 1.29 is 9.59 Å². The summed E-state index contributed by atoms with van der Waals surface area (Å²) in [4.78, 5) is 26.7. The number of amides is 2. The Kier molecular flexibility index (Phi) is 7.76. The highest BCUT2D eigenvalue weighted by Crippen LogP contribution is 2.20. The molecule has 1 aliphatic heterocycles. The van der Waals surface area contributed by atoms with Crippen LogP contribution in [0.2, 0.25) is 0 Å². The average molecular weight is 296 g/mol. The topological polar surface area (TPSA) is 49.4 Å². The highest BCUT2D eigenvalue weighted by atomic mass is 16.2. The van der Waals surface area contributed by atoms with Crippen molar-refractivity contribution in [3.63, 3.8) is 0 Å². The van der Waals surface area contributed by atoms with Crippen LogP contribution in [-0.2, 0) is 9.59 Å². The van der Waals surface area contributed by atoms with E-state index in [1.54, 1.807) is 0 Å². The van der Waals surface area contributed by atoms with Gasteiger partial charge in [0.15, 0.2) is 0 Å². The Morgan fingerprint density at radius 1 is 1.10 bits per heavy atom. The zero-order valence-corrected chi connectivity index (χ0v) is 14.2. The molecule has 21 heavy (non-hydrogen) atoms. The summed E-state index contributed by atoms with van der Waals surface area (Å²) in [7, 11) is 0. The van der Waals surface area contributed by atoms with Crippen molar-refractivity contribution in [2.75, 3.05) is 6.54 Å². The van der Waals surface area contributed by atoms with Gasteiger partial charge in [-0.15, -0.1) is 0 Å². The smallest absolute Gasteiger partial charge is 0.246 e. The summed E-state index contributed by atoms with van der Waals surface area (Å²) in [5, 5.41) is 2.93. The molecule has 0 saturated carbocycles. The lowest BCUT2D eigenvalue weighted by atomic mass is 9.93. The van der Waals surface area contributed by atoms with E-state index in [0.29, 0.717) is 6.42 Å². The summed E-state index contributed by atoms with van der Waals surface area (Å²) in [5.41, 5.74) is 0. The van der Waals surface area contributed by atoms with Crippen LogP contribution < -0.4 is 5.32 Å². The van der Waals surface area contributed by atoms with E-state index in [4.69, 9.17) is 0 Å². The SMILES string of the molecule is CCCCCCCN1C(=O)C(C(C)CC)NC(=O)C1CC. The highest BCUT2D eigenvalue weighted by Gasteiger charge is 2.40. The number of unbranched alkanes of at least 4 members (excludes halogenated alkanes) is 4. The number of hydrogen-bond donors (Lipinski definition) is 1. The fraction of sp³-hybridized carbons (Fsp3) is 0.882. The highest BCUT2D eigenvalue weighted by molar-refractivity contribution is 5.97. The van der Waals surface area contributed by atoms with Crippen molar-refractivity contribution in [3.05, 3.63) is 0 Å². The Morgan fingerprint density at radius 3 is 2.33 bits per heavy atom. The molecule has 1 N–H and O–H groups in total. The molecule has 0 spiro atoms. The van der Waals surface area contributed by atoms with Crippen LogP contribution in [0.1, 0.15) is 72.6 Å². The molecular formula is C17H32N2O2. The van der Waals surface area contributed by atoms with E-state index < -0.39 is 0 Å². The molecule has 3 atom stereocenters. The predicted molar refractivity (Wildman–Crippen MR) is 85.9 cm³/mol. The maximum absolute atomic E-state index is 12.7. The van der Waals surface area contributed by atoms with E-state index in [1.807, 2.05) is 18.7 Å². The van der Waals surface area contributed by atoms with Gasteiger partial charge in [-0.05, 0) is 18.8 Å². The minimum Gasteiger partial charge on any atom is -0.342 e. The van der Waals surface area contributed by atoms with Gasteiger partial charge in [0.05, 0.1) is 0 Å². The van der Waals surface area contributed by atoms with Crippen molar-refractivity contribution in [3.8, 4) is 0 Å². The monoisotopic (exact) mass is 296 g/mol. The van der Waals surface area contributed by atoms with Gasteiger partial charge in [0, 0.05) is 6.54 Å². The van der Waals surface area contributed by atoms with Gasteiger partial charge in [-0.3, -0.25) is 9.59 Å². The molecule has 4 nitrogen and oxygen atoms in total. The van der Waals surface area contributed by atoms with Crippen molar-refractivity contribution in [2.24, 2.45) is 5.92 Å². The molecule has 2 amide bonds. The molecule has 1 rings (SSSR count). The molecular weight excluding hydrogens is 264 g/mol. The van der Waals surface area contributed by atoms with Gasteiger partial charge in [0.2, 0.25) is 11.8 Å². The van der Waals surface area contributed by atoms with Crippen LogP contribution in [0, 0.1) is 5.92 Å². The lowest BCUT2D eigenvalue weighted by molar-refractivity contribution is -0.151. The molecule has 0 radical (unpaired) electrons. The van der Waals surface area contributed by atoms with Crippen molar-refractivity contribution in [1.82, 2.24) is 10.2 Å². The van der Waals surface area contributed by atoms with Gasteiger partial charge in [-0.2, -0.15) is 0 Å². The standard InChI is InChI=1S/C17H32N2O2/c1-5-8-9-10-11-12-19-14(7-3)16(20)18-15(17(19)21)13(4)6-2/h13-15H,5-12H2,1-4H3,(H,18,20). The predicted octanol–water partition coefficient (Wildman–Crippen LogP) is 3.11. The molecule has 122 valence electrons. The Hall–Kier alpha value is -1.06. The first-order valence-corrected chi connectivity index (χ1v) is 8.67. The van der Waals surface area contributed by atoms with Crippen molar-refractivity contribution in [2.45, 2.75) is 84.7 Å². The summed E-state index contributed by atoms with van der Waals surface area (Å²) in [6.45, 7) is 8.99. The van der Waals surface area contributed by atoms with E-state index >= 15 is 0 Å². The van der Waals surface area contributed by atoms with Crippen molar-refractivity contribution in [1.29, 1.82) is 0 Å². The van der Waals surface area contributed by atoms with Crippen LogP contribution >= 0.6 is 0 Å². The minimum atomic E-state index is -0.332. The van der Waals surface area contributed by atoms with Crippen LogP contribution in [0.15, 0.2) is 0 Å². The molecule has 3 unspecified atom stereocenters. The zero-order valence-electron chi connectivity index (χ0n) is 14.2. The third-order valence-electron chi connectivity index (χ3n) is 4.63. The second-order valence-electron chi connectivity index (χ2n) is 6.24. The van der Waals surface area contributed by atoms with Gasteiger partial charge < -0.3 is 10.2 Å². The third-order valence-corrected chi connectivity index (χ3v) is 4.63. The van der Waals surface area contributed by atoms with Crippen LogP contribution in [0.3, 0.4) is 0 Å². The third kappa shape index (κ3) is 4.72. The first kappa shape index (κ1) is 18.0. The maximum Gasteiger partial charge on any atom is 0.246 e. The average Bonchev–Trinajstić information content (AvgIpc) is 2.49. The van der Waals surface area contributed by atoms with Gasteiger partial charge in [-0.25, -0.2) is 0 Å². The molecule has 0 bridgehead atoms. The van der Waals surface area contributed by atoms with E-state index in [0.717, 1.165) is 25.8 Å². The minimum absolute atomic E-state index is 0.0240. The molecule has 1 saturated heterocycles. The lowest BCUT2D eigenvalue weighted by Gasteiger charge is -2.40. The van der Waals surface area contributed by atoms with E-state index in [2.05, 4.69) is 19.2 Å². The molecule has 0 aromatic carbocycles. The second kappa shape index (κ2) is 9.06. The van der Waals surface area contributed by atoms with Gasteiger partial charge >= 0.3 is 0 Å². The number of hydrogen-bond acceptors (Lipinski definition) is 2. The number of carbonyl (C=O) groups excluding carboxylic acids is 2. The van der Waals surface area contributed by atoms with Gasteiger partial charge in [0.25, 0.3) is 0 Å². The summed E-state index contributed by atoms with van der Waals surface area (Å²) in [6.07, 6.45) is 7.43. The van der Waals surface area contributed by atoms with Gasteiger partial charge in [0.1, 0.15) is 12.1 Å². The van der Waals surface area contributed by atoms with Gasteiger partial charge in [-0.1, -0.05) is 59.8 Å². The second-order valence-corrected chi connectivity index (χ2v) is 6.24. The van der Waals surface area contributed by atoms with Crippen LogP contribution in [0.5, 0.6) is 0 Å². The number of rotatable bonds is 9. The Labute approximate surface area is 129 Å². The summed E-state index contributed by atoms with van der Waals surface area (Å²) < 4.78 is 0. The summed E-state index contributed by atoms with van der Waals surface area (Å²) in [6, 6.07) is -0.607. The number of nitrogens with zero attached hydrogens (tertiary/aromatic N) is 1. The maximum atomic E-state index is 12.7. The fourth-order valence-electron chi connectivity index (χ4n) is 2.96. The van der Waals surface area contributed by atoms with Crippen molar-refractivity contribution >= 4 is 11.8 Å². The molecule has 0 aromatic rings. The first-order chi connectivity index (χ1) is 10.1. The van der Waals surface area contributed by atoms with E-state index in [1.165, 1.54) is 19.3 Å². The van der Waals surface area contributed by atoms with E-state index in [-0.39, 0.29) is 29.8 Å². The molecule has 0 aromatic heterocycles. The number of nitrogens with one attached hydrogen (secondary N) is 1. The molecule has 0 aliphatic carbocycles. The zero-order chi connectivity index (χ0) is 15.8. The summed E-state index contributed by atoms with van der Waals surface area (Å²) in [5.74, 6) is 0.337. The largest absolute Gasteiger partial charge is 0.342 e. The fourth-order valence-corrected chi connectivity index (χ4v) is 2.96. The normalized spacial score (nSPS) is 24.1. The van der Waals surface area contributed by atoms with E-state index in [9.17, 15) is 9.59 Å². The van der Waals surface area contributed by atoms with Crippen LogP contribution in [-0.4, -0.2) is 35.3 Å². The molecule has 1 fully saturated rings.